The predicted octanol–water partition coefficient (Wildman–Crippen LogP) is 1.79. The summed E-state index contributed by atoms with van der Waals surface area (Å²) in [5, 5.41) is 12.8. The van der Waals surface area contributed by atoms with Gasteiger partial charge in [-0.25, -0.2) is 0 Å². The number of rotatable bonds is 5. The van der Waals surface area contributed by atoms with Crippen LogP contribution in [0.4, 0.5) is 0 Å². The first-order chi connectivity index (χ1) is 11.9. The molecule has 7 heteroatoms. The molecule has 0 aliphatic carbocycles. The highest BCUT2D eigenvalue weighted by Gasteiger charge is 2.25. The Morgan fingerprint density at radius 2 is 2.00 bits per heavy atom. The van der Waals surface area contributed by atoms with E-state index >= 15 is 0 Å². The van der Waals surface area contributed by atoms with Gasteiger partial charge in [0.25, 0.3) is 0 Å². The number of tetrazole rings is 1. The van der Waals surface area contributed by atoms with E-state index in [2.05, 4.69) is 42.4 Å². The average Bonchev–Trinajstić information content (AvgIpc) is 3.27. The molecule has 1 aliphatic rings. The largest absolute Gasteiger partial charge is 0.294 e. The molecule has 0 N–H and O–H groups in total. The Kier molecular flexibility index (Phi) is 4.24. The van der Waals surface area contributed by atoms with E-state index in [-0.39, 0.29) is 0 Å². The zero-order chi connectivity index (χ0) is 16.2. The summed E-state index contributed by atoms with van der Waals surface area (Å²) in [4.78, 5) is 12.5. The Balaban J connectivity index is 1.44. The molecule has 122 valence electrons. The number of hydrogen-bond donors (Lipinski definition) is 0. The highest BCUT2D eigenvalue weighted by molar-refractivity contribution is 5.46. The zero-order valence-electron chi connectivity index (χ0n) is 13.4. The van der Waals surface area contributed by atoms with Crippen LogP contribution in [0.5, 0.6) is 0 Å². The Hall–Kier alpha value is -2.67. The topological polar surface area (TPSA) is 72.6 Å². The first kappa shape index (κ1) is 14.9. The summed E-state index contributed by atoms with van der Waals surface area (Å²) in [5.41, 5.74) is 2.04. The number of nitrogens with zero attached hydrogens (tertiary/aromatic N) is 7. The van der Waals surface area contributed by atoms with Gasteiger partial charge in [-0.2, -0.15) is 4.80 Å². The molecule has 24 heavy (non-hydrogen) atoms. The molecule has 4 rings (SSSR count). The van der Waals surface area contributed by atoms with Gasteiger partial charge < -0.3 is 0 Å². The number of likely N-dealkylation sites (tertiary alicyclic amines) is 1. The molecule has 3 aromatic rings. The van der Waals surface area contributed by atoms with Crippen LogP contribution >= 0.6 is 0 Å². The van der Waals surface area contributed by atoms with Crippen molar-refractivity contribution in [3.63, 3.8) is 0 Å². The first-order valence-electron chi connectivity index (χ1n) is 8.21. The fraction of sp³-hybridized carbons (Fsp3) is 0.353. The van der Waals surface area contributed by atoms with Crippen LogP contribution in [-0.2, 0) is 13.1 Å². The molecule has 0 aromatic carbocycles. The lowest BCUT2D eigenvalue weighted by Crippen LogP contribution is -2.33. The summed E-state index contributed by atoms with van der Waals surface area (Å²) >= 11 is 0. The van der Waals surface area contributed by atoms with Gasteiger partial charge in [-0.3, -0.25) is 14.9 Å². The van der Waals surface area contributed by atoms with E-state index in [0.717, 1.165) is 31.7 Å². The van der Waals surface area contributed by atoms with Crippen LogP contribution in [0.2, 0.25) is 0 Å². The summed E-state index contributed by atoms with van der Waals surface area (Å²) in [7, 11) is 0. The van der Waals surface area contributed by atoms with Gasteiger partial charge in [0, 0.05) is 31.2 Å². The van der Waals surface area contributed by atoms with Gasteiger partial charge in [0.2, 0.25) is 5.82 Å². The van der Waals surface area contributed by atoms with Crippen LogP contribution < -0.4 is 0 Å². The maximum absolute atomic E-state index is 4.48. The van der Waals surface area contributed by atoms with Crippen molar-refractivity contribution in [2.24, 2.45) is 0 Å². The zero-order valence-corrected chi connectivity index (χ0v) is 13.4. The Morgan fingerprint density at radius 3 is 2.83 bits per heavy atom. The average molecular weight is 321 g/mol. The van der Waals surface area contributed by atoms with Crippen molar-refractivity contribution < 1.29 is 0 Å². The van der Waals surface area contributed by atoms with E-state index in [4.69, 9.17) is 0 Å². The molecule has 0 bridgehead atoms. The van der Waals surface area contributed by atoms with E-state index in [0.29, 0.717) is 11.9 Å². The van der Waals surface area contributed by atoms with E-state index in [9.17, 15) is 0 Å². The number of pyridine rings is 2. The van der Waals surface area contributed by atoms with Crippen LogP contribution in [0, 0.1) is 0 Å². The van der Waals surface area contributed by atoms with Crippen molar-refractivity contribution >= 4 is 0 Å². The molecular weight excluding hydrogens is 302 g/mol. The van der Waals surface area contributed by atoms with Gasteiger partial charge in [-0.15, -0.1) is 10.2 Å². The van der Waals surface area contributed by atoms with Gasteiger partial charge in [0.05, 0.1) is 6.54 Å². The third-order valence-electron chi connectivity index (χ3n) is 4.35. The fourth-order valence-corrected chi connectivity index (χ4v) is 3.14. The van der Waals surface area contributed by atoms with Crippen molar-refractivity contribution in [1.82, 2.24) is 35.1 Å². The second-order valence-corrected chi connectivity index (χ2v) is 6.00. The second kappa shape index (κ2) is 6.84. The molecular formula is C17H19N7. The molecule has 3 aromatic heterocycles. The highest BCUT2D eigenvalue weighted by atomic mass is 15.6. The highest BCUT2D eigenvalue weighted by Crippen LogP contribution is 2.21. The minimum atomic E-state index is 0.434. The van der Waals surface area contributed by atoms with Gasteiger partial charge in [-0.1, -0.05) is 6.07 Å². The van der Waals surface area contributed by atoms with Crippen molar-refractivity contribution in [3.8, 4) is 11.5 Å². The van der Waals surface area contributed by atoms with Crippen LogP contribution in [0.15, 0.2) is 48.9 Å². The van der Waals surface area contributed by atoms with Crippen LogP contribution in [0.1, 0.15) is 18.4 Å². The van der Waals surface area contributed by atoms with Crippen molar-refractivity contribution in [1.29, 1.82) is 0 Å². The molecule has 0 unspecified atom stereocenters. The predicted molar refractivity (Wildman–Crippen MR) is 88.7 cm³/mol. The van der Waals surface area contributed by atoms with Gasteiger partial charge in [0.1, 0.15) is 5.69 Å². The maximum atomic E-state index is 4.48. The lowest BCUT2D eigenvalue weighted by Gasteiger charge is -2.23. The number of hydrogen-bond acceptors (Lipinski definition) is 6. The van der Waals surface area contributed by atoms with Gasteiger partial charge in [-0.05, 0) is 54.4 Å². The number of aromatic nitrogens is 6. The van der Waals surface area contributed by atoms with E-state index < -0.39 is 0 Å². The Bertz CT molecular complexity index is 772. The summed E-state index contributed by atoms with van der Waals surface area (Å²) in [6.07, 6.45) is 7.80. The standard InChI is InChI=1S/C17H19N7/c1-2-8-19-16(5-1)17-20-22-24(21-17)13-15-4-3-11-23(15)12-14-6-9-18-10-7-14/h1-2,5-10,15H,3-4,11-13H2/t15-/m1/s1. The second-order valence-electron chi connectivity index (χ2n) is 6.00. The molecule has 1 fully saturated rings. The maximum Gasteiger partial charge on any atom is 0.223 e. The van der Waals surface area contributed by atoms with Crippen LogP contribution in [0.25, 0.3) is 11.5 Å². The lowest BCUT2D eigenvalue weighted by atomic mass is 10.2. The molecule has 1 saturated heterocycles. The third kappa shape index (κ3) is 3.30. The van der Waals surface area contributed by atoms with Crippen LogP contribution in [0.3, 0.4) is 0 Å². The normalized spacial score (nSPS) is 18.1. The molecule has 0 radical (unpaired) electrons. The molecule has 4 heterocycles. The Morgan fingerprint density at radius 1 is 1.08 bits per heavy atom. The summed E-state index contributed by atoms with van der Waals surface area (Å²) in [6, 6.07) is 10.3. The minimum Gasteiger partial charge on any atom is -0.294 e. The quantitative estimate of drug-likeness (QED) is 0.713. The molecule has 0 saturated carbocycles. The van der Waals surface area contributed by atoms with E-state index in [1.54, 1.807) is 11.0 Å². The smallest absolute Gasteiger partial charge is 0.223 e. The summed E-state index contributed by atoms with van der Waals surface area (Å²) < 4.78 is 0. The molecule has 1 atom stereocenters. The van der Waals surface area contributed by atoms with Crippen LogP contribution in [-0.4, -0.2) is 47.7 Å². The summed E-state index contributed by atoms with van der Waals surface area (Å²) in [5.74, 6) is 0.578. The van der Waals surface area contributed by atoms with Gasteiger partial charge in [0.15, 0.2) is 0 Å². The Labute approximate surface area is 140 Å². The summed E-state index contributed by atoms with van der Waals surface area (Å²) in [6.45, 7) is 2.80. The minimum absolute atomic E-state index is 0.434. The molecule has 1 aliphatic heterocycles. The van der Waals surface area contributed by atoms with Gasteiger partial charge >= 0.3 is 0 Å². The van der Waals surface area contributed by atoms with E-state index in [1.165, 1.54) is 12.0 Å². The van der Waals surface area contributed by atoms with Crippen molar-refractivity contribution in [2.45, 2.75) is 32.0 Å². The monoisotopic (exact) mass is 321 g/mol. The fourth-order valence-electron chi connectivity index (χ4n) is 3.14. The molecule has 0 amide bonds. The molecule has 7 nitrogen and oxygen atoms in total. The van der Waals surface area contributed by atoms with Crippen molar-refractivity contribution in [2.75, 3.05) is 6.54 Å². The van der Waals surface area contributed by atoms with E-state index in [1.807, 2.05) is 30.6 Å². The third-order valence-corrected chi connectivity index (χ3v) is 4.35. The molecule has 0 spiro atoms. The SMILES string of the molecule is c1ccc(-c2nnn(C[C@H]3CCCN3Cc3ccncc3)n2)nc1. The first-order valence-corrected chi connectivity index (χ1v) is 8.21. The lowest BCUT2D eigenvalue weighted by molar-refractivity contribution is 0.211. The van der Waals surface area contributed by atoms with Crippen molar-refractivity contribution in [3.05, 3.63) is 54.5 Å².